The van der Waals surface area contributed by atoms with Gasteiger partial charge in [0, 0.05) is 12.0 Å². The van der Waals surface area contributed by atoms with Gasteiger partial charge in [0.2, 0.25) is 0 Å². The standard InChI is InChI=1S/C15H28N2O6/c1-9(15(5,6)16)22-12(20)10(7-8-11(18)19)17-13(21)23-14(2,3)4/h9-10H,7-8,16H2,1-6H3,(H,17,21)(H,18,19). The van der Waals surface area contributed by atoms with Crippen LogP contribution in [0.5, 0.6) is 0 Å². The number of carboxylic acid groups (broad SMARTS) is 1. The van der Waals surface area contributed by atoms with Crippen molar-refractivity contribution in [3.05, 3.63) is 0 Å². The molecule has 0 rings (SSSR count). The number of amides is 1. The first kappa shape index (κ1) is 21.2. The average molecular weight is 332 g/mol. The van der Waals surface area contributed by atoms with Gasteiger partial charge in [-0.15, -0.1) is 0 Å². The van der Waals surface area contributed by atoms with Crippen LogP contribution in [0.25, 0.3) is 0 Å². The first-order valence-electron chi connectivity index (χ1n) is 7.43. The topological polar surface area (TPSA) is 128 Å². The van der Waals surface area contributed by atoms with Gasteiger partial charge in [0.15, 0.2) is 0 Å². The average Bonchev–Trinajstić information content (AvgIpc) is 2.30. The predicted molar refractivity (Wildman–Crippen MR) is 83.8 cm³/mol. The van der Waals surface area contributed by atoms with Gasteiger partial charge in [0.1, 0.15) is 17.7 Å². The third kappa shape index (κ3) is 9.72. The number of carboxylic acids is 1. The Morgan fingerprint density at radius 1 is 1.17 bits per heavy atom. The van der Waals surface area contributed by atoms with Crippen molar-refractivity contribution in [3.63, 3.8) is 0 Å². The number of hydrogen-bond acceptors (Lipinski definition) is 6. The predicted octanol–water partition coefficient (Wildman–Crippen LogP) is 1.41. The lowest BCUT2D eigenvalue weighted by molar-refractivity contribution is -0.154. The molecule has 0 aliphatic carbocycles. The van der Waals surface area contributed by atoms with Crippen LogP contribution < -0.4 is 11.1 Å². The molecule has 0 saturated heterocycles. The zero-order chi connectivity index (χ0) is 18.4. The molecule has 0 aliphatic rings. The van der Waals surface area contributed by atoms with Gasteiger partial charge in [-0.1, -0.05) is 0 Å². The van der Waals surface area contributed by atoms with Crippen LogP contribution in [-0.2, 0) is 19.1 Å². The summed E-state index contributed by atoms with van der Waals surface area (Å²) in [7, 11) is 0. The monoisotopic (exact) mass is 332 g/mol. The third-order valence-electron chi connectivity index (χ3n) is 2.96. The molecular formula is C15H28N2O6. The van der Waals surface area contributed by atoms with Crippen molar-refractivity contribution in [2.75, 3.05) is 0 Å². The number of carbonyl (C=O) groups excluding carboxylic acids is 2. The minimum Gasteiger partial charge on any atom is -0.481 e. The van der Waals surface area contributed by atoms with Crippen molar-refractivity contribution in [2.24, 2.45) is 5.73 Å². The quantitative estimate of drug-likeness (QED) is 0.601. The van der Waals surface area contributed by atoms with Gasteiger partial charge in [-0.3, -0.25) is 4.79 Å². The summed E-state index contributed by atoms with van der Waals surface area (Å²) in [4.78, 5) is 34.7. The molecule has 1 amide bonds. The number of carbonyl (C=O) groups is 3. The zero-order valence-corrected chi connectivity index (χ0v) is 14.6. The Bertz CT molecular complexity index is 436. The lowest BCUT2D eigenvalue weighted by atomic mass is 10.0. The number of ether oxygens (including phenoxy) is 2. The van der Waals surface area contributed by atoms with E-state index in [4.69, 9.17) is 20.3 Å². The van der Waals surface area contributed by atoms with E-state index in [-0.39, 0.29) is 12.8 Å². The fraction of sp³-hybridized carbons (Fsp3) is 0.800. The van der Waals surface area contributed by atoms with Crippen LogP contribution in [0.2, 0.25) is 0 Å². The molecule has 4 N–H and O–H groups in total. The van der Waals surface area contributed by atoms with Crippen molar-refractivity contribution in [2.45, 2.75) is 77.7 Å². The van der Waals surface area contributed by atoms with Crippen LogP contribution in [0.4, 0.5) is 4.79 Å². The molecule has 0 aliphatic heterocycles. The van der Waals surface area contributed by atoms with Gasteiger partial charge in [-0.25, -0.2) is 9.59 Å². The fourth-order valence-electron chi connectivity index (χ4n) is 1.37. The molecule has 0 spiro atoms. The molecular weight excluding hydrogens is 304 g/mol. The van der Waals surface area contributed by atoms with Crippen LogP contribution in [0, 0.1) is 0 Å². The summed E-state index contributed by atoms with van der Waals surface area (Å²) in [5.41, 5.74) is 4.35. The Balaban J connectivity index is 4.89. The maximum Gasteiger partial charge on any atom is 0.408 e. The molecule has 0 bridgehead atoms. The van der Waals surface area contributed by atoms with Gasteiger partial charge in [-0.05, 0) is 48.0 Å². The van der Waals surface area contributed by atoms with Gasteiger partial charge in [0.25, 0.3) is 0 Å². The van der Waals surface area contributed by atoms with Crippen LogP contribution in [0.3, 0.4) is 0 Å². The fourth-order valence-corrected chi connectivity index (χ4v) is 1.37. The number of hydrogen-bond donors (Lipinski definition) is 3. The molecule has 0 radical (unpaired) electrons. The van der Waals surface area contributed by atoms with Gasteiger partial charge >= 0.3 is 18.0 Å². The van der Waals surface area contributed by atoms with E-state index >= 15 is 0 Å². The number of aliphatic carboxylic acids is 1. The normalized spacial score (nSPS) is 14.6. The molecule has 0 saturated carbocycles. The lowest BCUT2D eigenvalue weighted by Crippen LogP contribution is -2.50. The minimum absolute atomic E-state index is 0.106. The largest absolute Gasteiger partial charge is 0.481 e. The van der Waals surface area contributed by atoms with Crippen LogP contribution >= 0.6 is 0 Å². The van der Waals surface area contributed by atoms with E-state index < -0.39 is 41.3 Å². The van der Waals surface area contributed by atoms with E-state index in [0.717, 1.165) is 0 Å². The smallest absolute Gasteiger partial charge is 0.408 e. The highest BCUT2D eigenvalue weighted by molar-refractivity contribution is 5.82. The minimum atomic E-state index is -1.12. The number of nitrogens with two attached hydrogens (primary N) is 1. The van der Waals surface area contributed by atoms with E-state index in [1.165, 1.54) is 0 Å². The lowest BCUT2D eigenvalue weighted by Gasteiger charge is -2.29. The van der Waals surface area contributed by atoms with Crippen molar-refractivity contribution in [1.82, 2.24) is 5.32 Å². The first-order chi connectivity index (χ1) is 10.2. The molecule has 0 aromatic rings. The van der Waals surface area contributed by atoms with E-state index in [2.05, 4.69) is 5.32 Å². The first-order valence-corrected chi connectivity index (χ1v) is 7.43. The molecule has 0 aromatic carbocycles. The van der Waals surface area contributed by atoms with Gasteiger partial charge in [0.05, 0.1) is 0 Å². The zero-order valence-electron chi connectivity index (χ0n) is 14.6. The van der Waals surface area contributed by atoms with Crippen LogP contribution in [-0.4, -0.2) is 46.4 Å². The SMILES string of the molecule is CC(OC(=O)C(CCC(=O)O)NC(=O)OC(C)(C)C)C(C)(C)N. The summed E-state index contributed by atoms with van der Waals surface area (Å²) in [6.45, 7) is 10.0. The highest BCUT2D eigenvalue weighted by Gasteiger charge is 2.30. The van der Waals surface area contributed by atoms with Gasteiger partial charge in [-0.2, -0.15) is 0 Å². The summed E-state index contributed by atoms with van der Waals surface area (Å²) < 4.78 is 10.3. The Morgan fingerprint density at radius 3 is 2.09 bits per heavy atom. The Labute approximate surface area is 136 Å². The van der Waals surface area contributed by atoms with Crippen LogP contribution in [0.15, 0.2) is 0 Å². The second-order valence-electron chi connectivity index (χ2n) is 7.03. The second-order valence-corrected chi connectivity index (χ2v) is 7.03. The molecule has 2 atom stereocenters. The Morgan fingerprint density at radius 2 is 1.70 bits per heavy atom. The molecule has 0 fully saturated rings. The molecule has 2 unspecified atom stereocenters. The number of rotatable bonds is 7. The summed E-state index contributed by atoms with van der Waals surface area (Å²) >= 11 is 0. The van der Waals surface area contributed by atoms with Crippen molar-refractivity contribution in [1.29, 1.82) is 0 Å². The number of nitrogens with one attached hydrogen (secondary N) is 1. The summed E-state index contributed by atoms with van der Waals surface area (Å²) in [6, 6.07) is -1.12. The van der Waals surface area contributed by atoms with Crippen molar-refractivity contribution in [3.8, 4) is 0 Å². The Kier molecular flexibility index (Phi) is 7.50. The summed E-state index contributed by atoms with van der Waals surface area (Å²) in [5.74, 6) is -1.83. The molecule has 0 aromatic heterocycles. The third-order valence-corrected chi connectivity index (χ3v) is 2.96. The second kappa shape index (κ2) is 8.14. The highest BCUT2D eigenvalue weighted by atomic mass is 16.6. The Hall–Kier alpha value is -1.83. The van der Waals surface area contributed by atoms with E-state index in [9.17, 15) is 14.4 Å². The molecule has 8 nitrogen and oxygen atoms in total. The van der Waals surface area contributed by atoms with Crippen molar-refractivity contribution < 1.29 is 29.0 Å². The van der Waals surface area contributed by atoms with E-state index in [0.29, 0.717) is 0 Å². The maximum atomic E-state index is 12.2. The molecule has 0 heterocycles. The van der Waals surface area contributed by atoms with E-state index in [1.54, 1.807) is 41.5 Å². The van der Waals surface area contributed by atoms with Crippen LogP contribution in [0.1, 0.15) is 54.4 Å². The van der Waals surface area contributed by atoms with Crippen molar-refractivity contribution >= 4 is 18.0 Å². The molecule has 23 heavy (non-hydrogen) atoms. The summed E-state index contributed by atoms with van der Waals surface area (Å²) in [5, 5.41) is 11.1. The maximum absolute atomic E-state index is 12.2. The van der Waals surface area contributed by atoms with E-state index in [1.807, 2.05) is 0 Å². The number of esters is 1. The number of alkyl carbamates (subject to hydrolysis) is 1. The molecule has 8 heteroatoms. The summed E-state index contributed by atoms with van der Waals surface area (Å²) in [6.07, 6.45) is -1.83. The van der Waals surface area contributed by atoms with Gasteiger partial charge < -0.3 is 25.6 Å². The molecule has 134 valence electrons. The highest BCUT2D eigenvalue weighted by Crippen LogP contribution is 2.12.